The summed E-state index contributed by atoms with van der Waals surface area (Å²) in [5, 5.41) is 9.75. The van der Waals surface area contributed by atoms with Crippen LogP contribution in [0.4, 0.5) is 0 Å². The summed E-state index contributed by atoms with van der Waals surface area (Å²) < 4.78 is 3.30. The molecule has 5 nitrogen and oxygen atoms in total. The maximum absolute atomic E-state index is 13.1. The van der Waals surface area contributed by atoms with Gasteiger partial charge in [-0.25, -0.2) is 0 Å². The summed E-state index contributed by atoms with van der Waals surface area (Å²) in [5.74, 6) is 0.711. The van der Waals surface area contributed by atoms with Gasteiger partial charge in [0.05, 0.1) is 5.69 Å². The van der Waals surface area contributed by atoms with E-state index in [1.165, 1.54) is 16.7 Å². The van der Waals surface area contributed by atoms with E-state index in [1.807, 2.05) is 61.7 Å². The van der Waals surface area contributed by atoms with Crippen molar-refractivity contribution < 1.29 is 0 Å². The predicted molar refractivity (Wildman–Crippen MR) is 130 cm³/mol. The molecule has 0 spiro atoms. The van der Waals surface area contributed by atoms with E-state index < -0.39 is 0 Å². The first kappa shape index (κ1) is 20.5. The average molecular weight is 459 g/mol. The average Bonchev–Trinajstić information content (AvgIpc) is 3.25. The fourth-order valence-corrected chi connectivity index (χ4v) is 4.79. The first-order chi connectivity index (χ1) is 15.6. The number of thioether (sulfide) groups is 1. The van der Waals surface area contributed by atoms with E-state index in [0.717, 1.165) is 11.3 Å². The normalized spacial score (nSPS) is 11.2. The Balaban J connectivity index is 1.47. The zero-order valence-electron chi connectivity index (χ0n) is 17.3. The molecular formula is C25H19ClN4OS. The van der Waals surface area contributed by atoms with E-state index in [0.29, 0.717) is 15.9 Å². The van der Waals surface area contributed by atoms with Crippen LogP contribution >= 0.6 is 23.4 Å². The van der Waals surface area contributed by atoms with Gasteiger partial charge in [0.15, 0.2) is 5.16 Å². The van der Waals surface area contributed by atoms with Crippen LogP contribution < -0.4 is 5.56 Å². The molecule has 7 heteroatoms. The van der Waals surface area contributed by atoms with Crippen LogP contribution in [0.3, 0.4) is 0 Å². The van der Waals surface area contributed by atoms with E-state index in [4.69, 9.17) is 11.6 Å². The summed E-state index contributed by atoms with van der Waals surface area (Å²) in [6, 6.07) is 24.1. The molecule has 5 rings (SSSR count). The molecule has 3 aromatic carbocycles. The Morgan fingerprint density at radius 2 is 1.69 bits per heavy atom. The van der Waals surface area contributed by atoms with Gasteiger partial charge in [-0.2, -0.15) is 0 Å². The topological polar surface area (TPSA) is 52.2 Å². The number of nitrogens with zero attached hydrogens (tertiary/aromatic N) is 4. The fraction of sp³-hybridized carbons (Fsp3) is 0.0800. The lowest BCUT2D eigenvalue weighted by Gasteiger charge is -2.11. The lowest BCUT2D eigenvalue weighted by Crippen LogP contribution is -2.21. The number of rotatable bonds is 5. The van der Waals surface area contributed by atoms with Crippen LogP contribution in [-0.4, -0.2) is 19.2 Å². The summed E-state index contributed by atoms with van der Waals surface area (Å²) in [6.45, 7) is 1.89. The molecule has 0 amide bonds. The molecule has 0 N–H and O–H groups in total. The Labute approximate surface area is 194 Å². The fourth-order valence-electron chi connectivity index (χ4n) is 3.70. The third-order valence-corrected chi connectivity index (χ3v) is 6.80. The molecule has 2 aromatic heterocycles. The van der Waals surface area contributed by atoms with Gasteiger partial charge in [-0.1, -0.05) is 84.0 Å². The maximum Gasteiger partial charge on any atom is 0.300 e. The van der Waals surface area contributed by atoms with E-state index in [-0.39, 0.29) is 11.2 Å². The summed E-state index contributed by atoms with van der Waals surface area (Å²) >= 11 is 7.80. The lowest BCUT2D eigenvalue weighted by molar-refractivity contribution is 0.890. The third kappa shape index (κ3) is 3.72. The monoisotopic (exact) mass is 458 g/mol. The van der Waals surface area contributed by atoms with Crippen molar-refractivity contribution in [1.82, 2.24) is 19.2 Å². The smallest absolute Gasteiger partial charge is 0.279 e. The molecule has 32 heavy (non-hydrogen) atoms. The minimum Gasteiger partial charge on any atom is -0.279 e. The van der Waals surface area contributed by atoms with Crippen molar-refractivity contribution in [2.45, 2.75) is 17.8 Å². The molecule has 0 bridgehead atoms. The Hall–Kier alpha value is -3.35. The van der Waals surface area contributed by atoms with Crippen LogP contribution in [0.15, 0.2) is 95.1 Å². The molecule has 0 aliphatic rings. The van der Waals surface area contributed by atoms with Gasteiger partial charge in [-0.15, -0.1) is 10.2 Å². The van der Waals surface area contributed by atoms with Gasteiger partial charge in [0, 0.05) is 23.2 Å². The quantitative estimate of drug-likeness (QED) is 0.312. The van der Waals surface area contributed by atoms with Gasteiger partial charge < -0.3 is 0 Å². The van der Waals surface area contributed by atoms with E-state index >= 15 is 0 Å². The van der Waals surface area contributed by atoms with Crippen molar-refractivity contribution in [3.05, 3.63) is 112 Å². The van der Waals surface area contributed by atoms with Crippen LogP contribution in [0, 0.1) is 6.92 Å². The molecule has 158 valence electrons. The Morgan fingerprint density at radius 3 is 2.53 bits per heavy atom. The predicted octanol–water partition coefficient (Wildman–Crippen LogP) is 5.80. The minimum absolute atomic E-state index is 0.234. The number of fused-ring (bicyclic) bond motifs is 1. The SMILES string of the molecule is Cc1c(Cl)cccc1-n1ccn2c(SCc3ccccc3-c3ccccc3)nnc2c1=O. The largest absolute Gasteiger partial charge is 0.300 e. The van der Waals surface area contributed by atoms with Crippen molar-refractivity contribution in [2.24, 2.45) is 0 Å². The molecule has 0 saturated carbocycles. The molecule has 0 fully saturated rings. The molecular weight excluding hydrogens is 440 g/mol. The Bertz CT molecular complexity index is 1480. The van der Waals surface area contributed by atoms with Gasteiger partial charge >= 0.3 is 5.56 Å². The standard InChI is InChI=1S/C25H19ClN4OS/c1-17-21(26)12-7-13-22(17)29-14-15-30-23(24(29)31)27-28-25(30)32-16-19-10-5-6-11-20(19)18-8-3-2-4-9-18/h2-15H,16H2,1H3. The number of benzene rings is 3. The Kier molecular flexibility index (Phi) is 5.55. The van der Waals surface area contributed by atoms with Crippen LogP contribution in [0.25, 0.3) is 22.5 Å². The molecule has 0 aliphatic heterocycles. The summed E-state index contributed by atoms with van der Waals surface area (Å²) in [5.41, 5.74) is 5.19. The van der Waals surface area contributed by atoms with Crippen LogP contribution in [-0.2, 0) is 5.75 Å². The Morgan fingerprint density at radius 1 is 0.906 bits per heavy atom. The van der Waals surface area contributed by atoms with Gasteiger partial charge in [-0.3, -0.25) is 13.8 Å². The highest BCUT2D eigenvalue weighted by molar-refractivity contribution is 7.98. The van der Waals surface area contributed by atoms with Gasteiger partial charge in [-0.05, 0) is 41.3 Å². The van der Waals surface area contributed by atoms with Gasteiger partial charge in [0.25, 0.3) is 0 Å². The highest BCUT2D eigenvalue weighted by Gasteiger charge is 2.14. The van der Waals surface area contributed by atoms with Gasteiger partial charge in [0.1, 0.15) is 0 Å². The summed E-state index contributed by atoms with van der Waals surface area (Å²) in [6.07, 6.45) is 3.56. The second kappa shape index (κ2) is 8.65. The molecule has 0 saturated heterocycles. The van der Waals surface area contributed by atoms with E-state index in [1.54, 1.807) is 26.9 Å². The van der Waals surface area contributed by atoms with E-state index in [9.17, 15) is 4.79 Å². The maximum atomic E-state index is 13.1. The van der Waals surface area contributed by atoms with Crippen molar-refractivity contribution in [3.63, 3.8) is 0 Å². The molecule has 0 unspecified atom stereocenters. The van der Waals surface area contributed by atoms with Crippen LogP contribution in [0.1, 0.15) is 11.1 Å². The van der Waals surface area contributed by atoms with Crippen LogP contribution in [0.5, 0.6) is 0 Å². The van der Waals surface area contributed by atoms with Crippen LogP contribution in [0.2, 0.25) is 5.02 Å². The third-order valence-electron chi connectivity index (χ3n) is 5.40. The van der Waals surface area contributed by atoms with Gasteiger partial charge in [0.2, 0.25) is 5.65 Å². The first-order valence-corrected chi connectivity index (χ1v) is 11.5. The van der Waals surface area contributed by atoms with Crippen molar-refractivity contribution in [3.8, 4) is 16.8 Å². The molecule has 2 heterocycles. The summed E-state index contributed by atoms with van der Waals surface area (Å²) in [4.78, 5) is 13.1. The lowest BCUT2D eigenvalue weighted by atomic mass is 10.0. The molecule has 5 aromatic rings. The minimum atomic E-state index is -0.234. The number of hydrogen-bond acceptors (Lipinski definition) is 4. The zero-order valence-corrected chi connectivity index (χ0v) is 18.8. The first-order valence-electron chi connectivity index (χ1n) is 10.1. The highest BCUT2D eigenvalue weighted by atomic mass is 35.5. The molecule has 0 radical (unpaired) electrons. The second-order valence-electron chi connectivity index (χ2n) is 7.35. The number of halogens is 1. The second-order valence-corrected chi connectivity index (χ2v) is 8.69. The highest BCUT2D eigenvalue weighted by Crippen LogP contribution is 2.29. The van der Waals surface area contributed by atoms with Crippen molar-refractivity contribution in [2.75, 3.05) is 0 Å². The number of hydrogen-bond donors (Lipinski definition) is 0. The molecule has 0 atom stereocenters. The molecule has 0 aliphatic carbocycles. The summed E-state index contributed by atoms with van der Waals surface area (Å²) in [7, 11) is 0. The van der Waals surface area contributed by atoms with Crippen molar-refractivity contribution >= 4 is 29.0 Å². The zero-order chi connectivity index (χ0) is 22.1. The van der Waals surface area contributed by atoms with Crippen molar-refractivity contribution in [1.29, 1.82) is 0 Å². The number of aromatic nitrogens is 4. The van der Waals surface area contributed by atoms with E-state index in [2.05, 4.69) is 34.5 Å².